The van der Waals surface area contributed by atoms with Crippen LogP contribution in [0.15, 0.2) is 18.2 Å². The van der Waals surface area contributed by atoms with Gasteiger partial charge in [-0.15, -0.1) is 0 Å². The molecule has 2 saturated heterocycles. The van der Waals surface area contributed by atoms with Crippen LogP contribution >= 0.6 is 0 Å². The molecule has 0 radical (unpaired) electrons. The number of hydrogen-bond acceptors (Lipinski definition) is 5. The van der Waals surface area contributed by atoms with Gasteiger partial charge in [-0.2, -0.15) is 0 Å². The fourth-order valence-electron chi connectivity index (χ4n) is 4.36. The Morgan fingerprint density at radius 2 is 2.15 bits per heavy atom. The molecule has 2 unspecified atom stereocenters. The summed E-state index contributed by atoms with van der Waals surface area (Å²) in [4.78, 5) is 15.2. The fourth-order valence-corrected chi connectivity index (χ4v) is 4.36. The van der Waals surface area contributed by atoms with Gasteiger partial charge >= 0.3 is 0 Å². The van der Waals surface area contributed by atoms with Crippen molar-refractivity contribution in [2.45, 2.75) is 37.9 Å². The van der Waals surface area contributed by atoms with Crippen LogP contribution in [0.3, 0.4) is 0 Å². The second-order valence-corrected chi connectivity index (χ2v) is 8.23. The van der Waals surface area contributed by atoms with Crippen LogP contribution in [0.2, 0.25) is 0 Å². The molecule has 0 aromatic heterocycles. The molecule has 0 aliphatic carbocycles. The first-order valence-electron chi connectivity index (χ1n) is 9.26. The maximum absolute atomic E-state index is 13.2. The number of carbonyl (C=O) groups is 1. The van der Waals surface area contributed by atoms with Crippen molar-refractivity contribution < 1.29 is 23.7 Å². The molecule has 2 atom stereocenters. The van der Waals surface area contributed by atoms with E-state index in [9.17, 15) is 4.79 Å². The monoisotopic (exact) mass is 361 g/mol. The smallest absolute Gasteiger partial charge is 0.229 e. The minimum absolute atomic E-state index is 0.147. The van der Waals surface area contributed by atoms with E-state index in [0.29, 0.717) is 39.3 Å². The van der Waals surface area contributed by atoms with Gasteiger partial charge < -0.3 is 23.8 Å². The van der Waals surface area contributed by atoms with Crippen LogP contribution in [0.4, 0.5) is 0 Å². The Hall–Kier alpha value is -1.79. The molecule has 1 amide bonds. The average Bonchev–Trinajstić information content (AvgIpc) is 3.05. The lowest BCUT2D eigenvalue weighted by Crippen LogP contribution is -2.62. The van der Waals surface area contributed by atoms with Gasteiger partial charge in [-0.1, -0.05) is 6.07 Å². The molecule has 3 aliphatic rings. The van der Waals surface area contributed by atoms with Gasteiger partial charge in [0.25, 0.3) is 0 Å². The lowest BCUT2D eigenvalue weighted by atomic mass is 9.91. The first-order chi connectivity index (χ1) is 12.4. The van der Waals surface area contributed by atoms with E-state index in [0.717, 1.165) is 23.5 Å². The maximum Gasteiger partial charge on any atom is 0.229 e. The van der Waals surface area contributed by atoms with Gasteiger partial charge in [-0.25, -0.2) is 0 Å². The summed E-state index contributed by atoms with van der Waals surface area (Å²) in [6, 6.07) is 5.79. The maximum atomic E-state index is 13.2. The van der Waals surface area contributed by atoms with Gasteiger partial charge in [-0.3, -0.25) is 4.79 Å². The van der Waals surface area contributed by atoms with E-state index < -0.39 is 0 Å². The molecular weight excluding hydrogens is 334 g/mol. The van der Waals surface area contributed by atoms with E-state index in [4.69, 9.17) is 18.9 Å². The third-order valence-corrected chi connectivity index (χ3v) is 5.45. The molecule has 1 aromatic carbocycles. The van der Waals surface area contributed by atoms with E-state index >= 15 is 0 Å². The summed E-state index contributed by atoms with van der Waals surface area (Å²) in [7, 11) is 1.64. The fraction of sp³-hybridized carbons (Fsp3) is 0.650. The van der Waals surface area contributed by atoms with Gasteiger partial charge in [0.15, 0.2) is 0 Å². The van der Waals surface area contributed by atoms with E-state index in [2.05, 4.69) is 0 Å². The van der Waals surface area contributed by atoms with Gasteiger partial charge in [0.05, 0.1) is 31.8 Å². The van der Waals surface area contributed by atoms with Crippen LogP contribution in [-0.4, -0.2) is 62.0 Å². The summed E-state index contributed by atoms with van der Waals surface area (Å²) < 4.78 is 23.0. The molecule has 142 valence electrons. The molecule has 2 fully saturated rings. The normalized spacial score (nSPS) is 30.0. The number of carbonyl (C=O) groups excluding carboxylic acids is 1. The van der Waals surface area contributed by atoms with Gasteiger partial charge in [0.2, 0.25) is 5.91 Å². The molecule has 0 saturated carbocycles. The van der Waals surface area contributed by atoms with Crippen molar-refractivity contribution in [2.75, 3.05) is 40.0 Å². The van der Waals surface area contributed by atoms with Gasteiger partial charge in [0.1, 0.15) is 23.7 Å². The number of hydrogen-bond donors (Lipinski definition) is 0. The van der Waals surface area contributed by atoms with Crippen molar-refractivity contribution in [3.8, 4) is 11.5 Å². The van der Waals surface area contributed by atoms with Crippen molar-refractivity contribution in [1.82, 2.24) is 4.90 Å². The zero-order valence-electron chi connectivity index (χ0n) is 15.7. The summed E-state index contributed by atoms with van der Waals surface area (Å²) >= 11 is 0. The Morgan fingerprint density at radius 3 is 2.88 bits per heavy atom. The molecular formula is C20H27NO5. The largest absolute Gasteiger partial charge is 0.497 e. The second-order valence-electron chi connectivity index (χ2n) is 8.23. The topological polar surface area (TPSA) is 57.2 Å². The molecule has 0 N–H and O–H groups in total. The first-order valence-corrected chi connectivity index (χ1v) is 9.26. The molecule has 3 heterocycles. The highest BCUT2D eigenvalue weighted by Gasteiger charge is 2.49. The molecule has 1 spiro atoms. The average molecular weight is 361 g/mol. The summed E-state index contributed by atoms with van der Waals surface area (Å²) in [5.74, 6) is 1.57. The number of rotatable bonds is 2. The highest BCUT2D eigenvalue weighted by atomic mass is 16.6. The van der Waals surface area contributed by atoms with Crippen LogP contribution < -0.4 is 9.47 Å². The molecule has 4 rings (SSSR count). The zero-order chi connectivity index (χ0) is 18.4. The first kappa shape index (κ1) is 17.6. The highest BCUT2D eigenvalue weighted by Crippen LogP contribution is 2.37. The van der Waals surface area contributed by atoms with Gasteiger partial charge in [-0.05, 0) is 31.9 Å². The minimum atomic E-state index is -0.373. The summed E-state index contributed by atoms with van der Waals surface area (Å²) in [6.45, 7) is 6.95. The standard InChI is InChI=1S/C20H27NO5/c1-19(2)11-21(12-20(26-19)6-7-24-13-20)18(22)15-8-14-4-5-16(23-3)9-17(14)25-10-15/h4-5,9,15H,6-8,10-13H2,1-3H3. The van der Waals surface area contributed by atoms with E-state index in [1.54, 1.807) is 7.11 Å². The zero-order valence-corrected chi connectivity index (χ0v) is 15.7. The van der Waals surface area contributed by atoms with Gasteiger partial charge in [0, 0.05) is 25.6 Å². The lowest BCUT2D eigenvalue weighted by Gasteiger charge is -2.48. The van der Waals surface area contributed by atoms with Crippen molar-refractivity contribution in [1.29, 1.82) is 0 Å². The number of benzene rings is 1. The van der Waals surface area contributed by atoms with E-state index in [1.165, 1.54) is 0 Å². The number of amides is 1. The molecule has 26 heavy (non-hydrogen) atoms. The quantitative estimate of drug-likeness (QED) is 0.807. The Labute approximate surface area is 154 Å². The predicted molar refractivity (Wildman–Crippen MR) is 95.6 cm³/mol. The third-order valence-electron chi connectivity index (χ3n) is 5.45. The molecule has 6 nitrogen and oxygen atoms in total. The van der Waals surface area contributed by atoms with Crippen molar-refractivity contribution >= 4 is 5.91 Å². The number of morpholine rings is 1. The Balaban J connectivity index is 1.50. The summed E-state index contributed by atoms with van der Waals surface area (Å²) in [5, 5.41) is 0. The highest BCUT2D eigenvalue weighted by molar-refractivity contribution is 5.80. The molecule has 6 heteroatoms. The predicted octanol–water partition coefficient (Wildman–Crippen LogP) is 2.04. The van der Waals surface area contributed by atoms with E-state index in [1.807, 2.05) is 36.9 Å². The SMILES string of the molecule is COc1ccc2c(c1)OCC(C(=O)N1CC(C)(C)OC3(CCOC3)C1)C2. The summed E-state index contributed by atoms with van der Waals surface area (Å²) in [6.07, 6.45) is 1.53. The Kier molecular flexibility index (Phi) is 4.35. The van der Waals surface area contributed by atoms with Crippen LogP contribution in [0.25, 0.3) is 0 Å². The van der Waals surface area contributed by atoms with Crippen molar-refractivity contribution in [3.63, 3.8) is 0 Å². The number of nitrogens with zero attached hydrogens (tertiary/aromatic N) is 1. The summed E-state index contributed by atoms with van der Waals surface area (Å²) in [5.41, 5.74) is 0.322. The third kappa shape index (κ3) is 3.28. The molecule has 1 aromatic rings. The van der Waals surface area contributed by atoms with Crippen LogP contribution in [0.1, 0.15) is 25.8 Å². The number of fused-ring (bicyclic) bond motifs is 1. The second kappa shape index (κ2) is 6.43. The number of ether oxygens (including phenoxy) is 4. The van der Waals surface area contributed by atoms with Crippen molar-refractivity contribution in [3.05, 3.63) is 23.8 Å². The minimum Gasteiger partial charge on any atom is -0.497 e. The molecule has 3 aliphatic heterocycles. The van der Waals surface area contributed by atoms with E-state index in [-0.39, 0.29) is 23.0 Å². The van der Waals surface area contributed by atoms with Crippen LogP contribution in [0.5, 0.6) is 11.5 Å². The number of methoxy groups -OCH3 is 1. The van der Waals surface area contributed by atoms with Crippen LogP contribution in [-0.2, 0) is 20.7 Å². The van der Waals surface area contributed by atoms with Crippen molar-refractivity contribution in [2.24, 2.45) is 5.92 Å². The lowest BCUT2D eigenvalue weighted by molar-refractivity contribution is -0.201. The Morgan fingerprint density at radius 1 is 1.31 bits per heavy atom. The Bertz CT molecular complexity index is 695. The van der Waals surface area contributed by atoms with Crippen LogP contribution in [0, 0.1) is 5.92 Å². The molecule has 0 bridgehead atoms.